The summed E-state index contributed by atoms with van der Waals surface area (Å²) in [6.07, 6.45) is 8.62. The van der Waals surface area contributed by atoms with Crippen LogP contribution in [0.3, 0.4) is 0 Å². The lowest BCUT2D eigenvalue weighted by molar-refractivity contribution is 0.0229. The molecule has 2 N–H and O–H groups in total. The molecule has 0 spiro atoms. The summed E-state index contributed by atoms with van der Waals surface area (Å²) < 4.78 is 38.8. The van der Waals surface area contributed by atoms with Crippen LogP contribution in [0.4, 0.5) is 5.95 Å². The Hall–Kier alpha value is -2.77. The van der Waals surface area contributed by atoms with Crippen LogP contribution in [0.15, 0.2) is 18.6 Å². The molecule has 0 amide bonds. The highest BCUT2D eigenvalue weighted by atomic mass is 32.2. The van der Waals surface area contributed by atoms with E-state index in [-0.39, 0.29) is 18.1 Å². The van der Waals surface area contributed by atoms with Crippen LogP contribution < -0.4 is 10.1 Å². The molecule has 3 aromatic rings. The monoisotopic (exact) mass is 476 g/mol. The van der Waals surface area contributed by atoms with Gasteiger partial charge in [0.05, 0.1) is 31.9 Å². The average molecular weight is 477 g/mol. The van der Waals surface area contributed by atoms with E-state index in [9.17, 15) is 8.42 Å². The molecule has 2 atom stereocenters. The molecule has 2 aliphatic rings. The number of nitrogens with zero attached hydrogens (tertiary/aromatic N) is 6. The molecule has 178 valence electrons. The smallest absolute Gasteiger partial charge is 0.244 e. The van der Waals surface area contributed by atoms with Gasteiger partial charge in [0, 0.05) is 43.7 Å². The fourth-order valence-electron chi connectivity index (χ4n) is 4.32. The molecule has 3 aromatic heterocycles. The standard InChI is InChI=1S/C20H28N8O4S/c1-13-12-27(33(2,29)30)6-3-16(13)24-20-25-17-11-21-18(14-9-22-23-10-14)19(28(17)26-20)32-15-4-7-31-8-5-15/h9-11,13,15-16H,3-8,12H2,1-2H3,(H,22,23)(H,24,26)/t13-,16+/m1/s1. The highest BCUT2D eigenvalue weighted by Crippen LogP contribution is 2.30. The molecule has 5 rings (SSSR count). The zero-order valence-corrected chi connectivity index (χ0v) is 19.5. The number of ether oxygens (including phenoxy) is 2. The molecule has 12 nitrogen and oxygen atoms in total. The lowest BCUT2D eigenvalue weighted by atomic mass is 9.95. The topological polar surface area (TPSA) is 140 Å². The Morgan fingerprint density at radius 2 is 2.06 bits per heavy atom. The van der Waals surface area contributed by atoms with E-state index in [0.717, 1.165) is 18.4 Å². The van der Waals surface area contributed by atoms with Crippen molar-refractivity contribution in [2.75, 3.05) is 37.9 Å². The number of rotatable bonds is 6. The van der Waals surface area contributed by atoms with Crippen LogP contribution in [-0.2, 0) is 14.8 Å². The zero-order chi connectivity index (χ0) is 23.0. The van der Waals surface area contributed by atoms with E-state index in [1.807, 2.05) is 6.92 Å². The van der Waals surface area contributed by atoms with E-state index in [1.165, 1.54) is 10.6 Å². The molecule has 0 radical (unpaired) electrons. The van der Waals surface area contributed by atoms with Crippen LogP contribution >= 0.6 is 0 Å². The predicted molar refractivity (Wildman–Crippen MR) is 120 cm³/mol. The van der Waals surface area contributed by atoms with Gasteiger partial charge in [0.15, 0.2) is 5.65 Å². The van der Waals surface area contributed by atoms with Crippen LogP contribution in [0.2, 0.25) is 0 Å². The summed E-state index contributed by atoms with van der Waals surface area (Å²) in [5, 5.41) is 14.9. The lowest BCUT2D eigenvalue weighted by Gasteiger charge is -2.35. The number of hydrogen-bond acceptors (Lipinski definition) is 9. The number of H-pyrrole nitrogens is 1. The number of aromatic nitrogens is 6. The third-order valence-corrected chi connectivity index (χ3v) is 7.48. The highest BCUT2D eigenvalue weighted by molar-refractivity contribution is 7.88. The fourth-order valence-corrected chi connectivity index (χ4v) is 5.26. The summed E-state index contributed by atoms with van der Waals surface area (Å²) in [6, 6.07) is 0.0570. The maximum atomic E-state index is 11.9. The molecule has 0 saturated carbocycles. The van der Waals surface area contributed by atoms with Crippen molar-refractivity contribution >= 4 is 21.6 Å². The van der Waals surface area contributed by atoms with E-state index in [1.54, 1.807) is 23.1 Å². The minimum absolute atomic E-state index is 0.00208. The Kier molecular flexibility index (Phi) is 5.93. The van der Waals surface area contributed by atoms with Crippen molar-refractivity contribution in [3.63, 3.8) is 0 Å². The molecule has 2 saturated heterocycles. The summed E-state index contributed by atoms with van der Waals surface area (Å²) in [4.78, 5) is 9.19. The number of piperidine rings is 1. The van der Waals surface area contributed by atoms with Gasteiger partial charge in [0.1, 0.15) is 11.8 Å². The first kappa shape index (κ1) is 22.0. The summed E-state index contributed by atoms with van der Waals surface area (Å²) in [5.41, 5.74) is 1.99. The third-order valence-electron chi connectivity index (χ3n) is 6.21. The number of nitrogens with one attached hydrogen (secondary N) is 2. The van der Waals surface area contributed by atoms with Crippen molar-refractivity contribution in [3.05, 3.63) is 18.6 Å². The van der Waals surface area contributed by atoms with Crippen LogP contribution in [0.1, 0.15) is 26.2 Å². The quantitative estimate of drug-likeness (QED) is 0.536. The zero-order valence-electron chi connectivity index (χ0n) is 18.6. The molecular weight excluding hydrogens is 448 g/mol. The highest BCUT2D eigenvalue weighted by Gasteiger charge is 2.31. The van der Waals surface area contributed by atoms with E-state index < -0.39 is 10.0 Å². The van der Waals surface area contributed by atoms with Crippen molar-refractivity contribution in [1.29, 1.82) is 0 Å². The SMILES string of the molecule is C[C@@H]1CN(S(C)(=O)=O)CC[C@@H]1Nc1nc2cnc(-c3cn[nH]c3)c(OC3CCOCC3)n2n1. The van der Waals surface area contributed by atoms with Crippen LogP contribution in [0.25, 0.3) is 16.9 Å². The molecule has 13 heteroatoms. The number of fused-ring (bicyclic) bond motifs is 1. The molecule has 33 heavy (non-hydrogen) atoms. The van der Waals surface area contributed by atoms with E-state index in [2.05, 4.69) is 30.6 Å². The Morgan fingerprint density at radius 1 is 1.24 bits per heavy atom. The van der Waals surface area contributed by atoms with E-state index >= 15 is 0 Å². The van der Waals surface area contributed by atoms with Gasteiger partial charge >= 0.3 is 0 Å². The summed E-state index contributed by atoms with van der Waals surface area (Å²) in [7, 11) is -3.19. The summed E-state index contributed by atoms with van der Waals surface area (Å²) >= 11 is 0. The van der Waals surface area contributed by atoms with E-state index in [0.29, 0.717) is 55.9 Å². The molecule has 5 heterocycles. The maximum Gasteiger partial charge on any atom is 0.244 e. The molecule has 0 aliphatic carbocycles. The van der Waals surface area contributed by atoms with Crippen LogP contribution in [0.5, 0.6) is 5.88 Å². The summed E-state index contributed by atoms with van der Waals surface area (Å²) in [6.45, 7) is 4.28. The van der Waals surface area contributed by atoms with Gasteiger partial charge in [-0.3, -0.25) is 5.10 Å². The molecule has 2 aliphatic heterocycles. The number of hydrogen-bond donors (Lipinski definition) is 2. The molecule has 0 unspecified atom stereocenters. The van der Waals surface area contributed by atoms with Gasteiger partial charge in [-0.2, -0.15) is 14.6 Å². The Balaban J connectivity index is 1.43. The van der Waals surface area contributed by atoms with Gasteiger partial charge in [-0.25, -0.2) is 17.7 Å². The molecule has 0 aromatic carbocycles. The second kappa shape index (κ2) is 8.88. The second-order valence-corrected chi connectivity index (χ2v) is 10.7. The maximum absolute atomic E-state index is 11.9. The Labute approximate surface area is 191 Å². The number of aromatic amines is 1. The fraction of sp³-hybridized carbons (Fsp3) is 0.600. The van der Waals surface area contributed by atoms with Gasteiger partial charge in [-0.05, 0) is 12.3 Å². The van der Waals surface area contributed by atoms with Crippen molar-refractivity contribution in [2.45, 2.75) is 38.3 Å². The van der Waals surface area contributed by atoms with Gasteiger partial charge < -0.3 is 14.8 Å². The normalized spacial score (nSPS) is 23.1. The Morgan fingerprint density at radius 3 is 2.76 bits per heavy atom. The molecular formula is C20H28N8O4S. The number of sulfonamides is 1. The Bertz CT molecular complexity index is 1210. The van der Waals surface area contributed by atoms with Gasteiger partial charge in [0.25, 0.3) is 0 Å². The second-order valence-electron chi connectivity index (χ2n) is 8.67. The van der Waals surface area contributed by atoms with Crippen molar-refractivity contribution in [1.82, 2.24) is 34.1 Å². The minimum atomic E-state index is -3.19. The van der Waals surface area contributed by atoms with Gasteiger partial charge in [-0.1, -0.05) is 6.92 Å². The van der Waals surface area contributed by atoms with Gasteiger partial charge in [0.2, 0.25) is 21.9 Å². The van der Waals surface area contributed by atoms with Crippen molar-refractivity contribution < 1.29 is 17.9 Å². The first-order valence-corrected chi connectivity index (χ1v) is 12.9. The van der Waals surface area contributed by atoms with Crippen LogP contribution in [-0.4, -0.2) is 87.2 Å². The lowest BCUT2D eigenvalue weighted by Crippen LogP contribution is -2.47. The molecule has 0 bridgehead atoms. The average Bonchev–Trinajstić information content (AvgIpc) is 3.45. The molecule has 2 fully saturated rings. The minimum Gasteiger partial charge on any atom is -0.473 e. The van der Waals surface area contributed by atoms with Crippen molar-refractivity contribution in [2.24, 2.45) is 5.92 Å². The summed E-state index contributed by atoms with van der Waals surface area (Å²) in [5.74, 6) is 1.08. The van der Waals surface area contributed by atoms with Crippen LogP contribution in [0, 0.1) is 5.92 Å². The largest absolute Gasteiger partial charge is 0.473 e. The first-order chi connectivity index (χ1) is 15.9. The van der Waals surface area contributed by atoms with Gasteiger partial charge in [-0.15, -0.1) is 5.10 Å². The third kappa shape index (κ3) is 4.66. The predicted octanol–water partition coefficient (Wildman–Crippen LogP) is 1.15. The van der Waals surface area contributed by atoms with E-state index in [4.69, 9.17) is 9.47 Å². The first-order valence-electron chi connectivity index (χ1n) is 11.1. The number of anilines is 1. The van der Waals surface area contributed by atoms with Crippen molar-refractivity contribution in [3.8, 4) is 17.1 Å².